The minimum absolute atomic E-state index is 0.0359. The fraction of sp³-hybridized carbons (Fsp3) is 0.500. The number of piperazine rings is 1. The van der Waals surface area contributed by atoms with Crippen LogP contribution in [0.25, 0.3) is 10.9 Å². The first-order chi connectivity index (χ1) is 13.8. The highest BCUT2D eigenvalue weighted by molar-refractivity contribution is 5.80. The average molecular weight is 399 g/mol. The van der Waals surface area contributed by atoms with Gasteiger partial charge in [0.1, 0.15) is 0 Å². The molecule has 1 saturated heterocycles. The number of nitrogens with one attached hydrogen (secondary N) is 1. The Morgan fingerprint density at radius 2 is 1.62 bits per heavy atom. The monoisotopic (exact) mass is 398 g/mol. The molecule has 1 aliphatic heterocycles. The Kier molecular flexibility index (Phi) is 6.69. The predicted molar refractivity (Wildman–Crippen MR) is 114 cm³/mol. The van der Waals surface area contributed by atoms with Gasteiger partial charge in [-0.2, -0.15) is 0 Å². The van der Waals surface area contributed by atoms with E-state index in [-0.39, 0.29) is 17.4 Å². The Labute approximate surface area is 171 Å². The summed E-state index contributed by atoms with van der Waals surface area (Å²) in [5.74, 6) is 0.178. The van der Waals surface area contributed by atoms with Gasteiger partial charge in [-0.05, 0) is 50.5 Å². The summed E-state index contributed by atoms with van der Waals surface area (Å²) in [7, 11) is 3.90. The molecule has 3 rings (SSSR count). The van der Waals surface area contributed by atoms with Crippen LogP contribution in [0.3, 0.4) is 0 Å². The minimum Gasteiger partial charge on any atom is -0.339 e. The molecule has 7 heteroatoms. The summed E-state index contributed by atoms with van der Waals surface area (Å²) < 4.78 is 0. The molecule has 0 unspecified atom stereocenters. The van der Waals surface area contributed by atoms with Gasteiger partial charge in [-0.1, -0.05) is 12.1 Å². The molecule has 1 fully saturated rings. The molecule has 7 nitrogen and oxygen atoms in total. The van der Waals surface area contributed by atoms with E-state index in [9.17, 15) is 14.4 Å². The smallest absolute Gasteiger partial charge is 0.251 e. The molecule has 29 heavy (non-hydrogen) atoms. The number of aromatic nitrogens is 1. The van der Waals surface area contributed by atoms with Crippen molar-refractivity contribution in [1.82, 2.24) is 19.7 Å². The lowest BCUT2D eigenvalue weighted by Gasteiger charge is -2.35. The average Bonchev–Trinajstić information content (AvgIpc) is 2.70. The first kappa shape index (κ1) is 21.0. The van der Waals surface area contributed by atoms with Gasteiger partial charge in [-0.3, -0.25) is 14.4 Å². The standard InChI is InChI=1S/C22H30N4O3/c1-16-4-5-17-15-18(22(29)23-19(17)14-16)6-7-20(27)25-10-12-26(13-11-25)21(28)8-9-24(2)3/h4-5,14-15H,6-13H2,1-3H3,(H,23,29). The maximum absolute atomic E-state index is 12.6. The van der Waals surface area contributed by atoms with E-state index in [4.69, 9.17) is 0 Å². The number of carbonyl (C=O) groups excluding carboxylic acids is 2. The highest BCUT2D eigenvalue weighted by Crippen LogP contribution is 2.14. The zero-order valence-corrected chi connectivity index (χ0v) is 17.5. The molecule has 2 amide bonds. The molecule has 2 aromatic rings. The number of benzene rings is 1. The quantitative estimate of drug-likeness (QED) is 0.798. The van der Waals surface area contributed by atoms with Crippen LogP contribution in [-0.4, -0.2) is 78.3 Å². The number of amides is 2. The molecule has 0 saturated carbocycles. The van der Waals surface area contributed by atoms with E-state index >= 15 is 0 Å². The summed E-state index contributed by atoms with van der Waals surface area (Å²) in [6, 6.07) is 7.82. The third-order valence-corrected chi connectivity index (χ3v) is 5.44. The van der Waals surface area contributed by atoms with Crippen LogP contribution in [-0.2, 0) is 16.0 Å². The lowest BCUT2D eigenvalue weighted by atomic mass is 10.1. The van der Waals surface area contributed by atoms with E-state index in [0.717, 1.165) is 23.0 Å². The maximum Gasteiger partial charge on any atom is 0.251 e. The summed E-state index contributed by atoms with van der Waals surface area (Å²) in [4.78, 5) is 45.7. The second kappa shape index (κ2) is 9.22. The van der Waals surface area contributed by atoms with Crippen molar-refractivity contribution in [3.63, 3.8) is 0 Å². The number of fused-ring (bicyclic) bond motifs is 1. The van der Waals surface area contributed by atoms with Crippen LogP contribution < -0.4 is 5.56 Å². The normalized spacial score (nSPS) is 14.6. The summed E-state index contributed by atoms with van der Waals surface area (Å²) >= 11 is 0. The number of nitrogens with zero attached hydrogens (tertiary/aromatic N) is 3. The Hall–Kier alpha value is -2.67. The number of aromatic amines is 1. The number of aryl methyl sites for hydroxylation is 2. The zero-order valence-electron chi connectivity index (χ0n) is 17.5. The van der Waals surface area contributed by atoms with Gasteiger partial charge < -0.3 is 19.7 Å². The fourth-order valence-electron chi connectivity index (χ4n) is 3.63. The topological polar surface area (TPSA) is 76.7 Å². The van der Waals surface area contributed by atoms with Crippen molar-refractivity contribution in [3.05, 3.63) is 45.7 Å². The molecule has 1 aromatic heterocycles. The van der Waals surface area contributed by atoms with Gasteiger partial charge in [-0.15, -0.1) is 0 Å². The third kappa shape index (κ3) is 5.44. The number of rotatable bonds is 6. The van der Waals surface area contributed by atoms with E-state index in [1.54, 1.807) is 4.90 Å². The van der Waals surface area contributed by atoms with Crippen LogP contribution in [0.4, 0.5) is 0 Å². The molecule has 156 valence electrons. The fourth-order valence-corrected chi connectivity index (χ4v) is 3.63. The van der Waals surface area contributed by atoms with Gasteiger partial charge in [0.15, 0.2) is 0 Å². The second-order valence-electron chi connectivity index (χ2n) is 8.03. The van der Waals surface area contributed by atoms with E-state index in [1.807, 2.05) is 55.1 Å². The van der Waals surface area contributed by atoms with Gasteiger partial charge in [-0.25, -0.2) is 0 Å². The van der Waals surface area contributed by atoms with Crippen LogP contribution in [0, 0.1) is 6.92 Å². The highest BCUT2D eigenvalue weighted by atomic mass is 16.2. The van der Waals surface area contributed by atoms with Crippen molar-refractivity contribution in [2.24, 2.45) is 0 Å². The number of carbonyl (C=O) groups is 2. The van der Waals surface area contributed by atoms with E-state index in [2.05, 4.69) is 4.98 Å². The summed E-state index contributed by atoms with van der Waals surface area (Å²) in [5, 5.41) is 0.975. The van der Waals surface area contributed by atoms with Gasteiger partial charge >= 0.3 is 0 Å². The van der Waals surface area contributed by atoms with Crippen molar-refractivity contribution in [3.8, 4) is 0 Å². The Morgan fingerprint density at radius 1 is 1.00 bits per heavy atom. The number of pyridine rings is 1. The highest BCUT2D eigenvalue weighted by Gasteiger charge is 2.23. The molecule has 1 aliphatic rings. The van der Waals surface area contributed by atoms with Gasteiger partial charge in [0.05, 0.1) is 0 Å². The van der Waals surface area contributed by atoms with Crippen molar-refractivity contribution in [2.75, 3.05) is 46.8 Å². The molecule has 1 N–H and O–H groups in total. The molecule has 0 radical (unpaired) electrons. The largest absolute Gasteiger partial charge is 0.339 e. The van der Waals surface area contributed by atoms with Crippen molar-refractivity contribution in [2.45, 2.75) is 26.2 Å². The lowest BCUT2D eigenvalue weighted by molar-refractivity contribution is -0.139. The van der Waals surface area contributed by atoms with Crippen molar-refractivity contribution in [1.29, 1.82) is 0 Å². The van der Waals surface area contributed by atoms with Crippen molar-refractivity contribution >= 4 is 22.7 Å². The molecule has 2 heterocycles. The van der Waals surface area contributed by atoms with Gasteiger partial charge in [0.25, 0.3) is 5.56 Å². The van der Waals surface area contributed by atoms with E-state index < -0.39 is 0 Å². The molecular weight excluding hydrogens is 368 g/mol. The van der Waals surface area contributed by atoms with Crippen LogP contribution in [0.5, 0.6) is 0 Å². The van der Waals surface area contributed by atoms with Crippen LogP contribution >= 0.6 is 0 Å². The first-order valence-corrected chi connectivity index (χ1v) is 10.2. The molecule has 1 aromatic carbocycles. The van der Waals surface area contributed by atoms with E-state index in [0.29, 0.717) is 51.0 Å². The molecule has 0 aliphatic carbocycles. The minimum atomic E-state index is -0.132. The lowest BCUT2D eigenvalue weighted by Crippen LogP contribution is -2.51. The van der Waals surface area contributed by atoms with Crippen LogP contribution in [0.1, 0.15) is 24.0 Å². The molecule has 0 bridgehead atoms. The van der Waals surface area contributed by atoms with Gasteiger partial charge in [0, 0.05) is 56.6 Å². The summed E-state index contributed by atoms with van der Waals surface area (Å²) in [5.41, 5.74) is 2.41. The Balaban J connectivity index is 1.52. The second-order valence-corrected chi connectivity index (χ2v) is 8.03. The molecule has 0 spiro atoms. The van der Waals surface area contributed by atoms with E-state index in [1.165, 1.54) is 0 Å². The maximum atomic E-state index is 12.6. The predicted octanol–water partition coefficient (Wildman–Crippen LogP) is 1.39. The first-order valence-electron chi connectivity index (χ1n) is 10.2. The SMILES string of the molecule is Cc1ccc2cc(CCC(=O)N3CCN(C(=O)CCN(C)C)CC3)c(=O)[nH]c2c1. The number of hydrogen-bond donors (Lipinski definition) is 1. The van der Waals surface area contributed by atoms with Crippen LogP contribution in [0.15, 0.2) is 29.1 Å². The van der Waals surface area contributed by atoms with Gasteiger partial charge in [0.2, 0.25) is 11.8 Å². The number of H-pyrrole nitrogens is 1. The zero-order chi connectivity index (χ0) is 21.0. The summed E-state index contributed by atoms with van der Waals surface area (Å²) in [6.07, 6.45) is 1.22. The van der Waals surface area contributed by atoms with Crippen LogP contribution in [0.2, 0.25) is 0 Å². The van der Waals surface area contributed by atoms with Crippen molar-refractivity contribution < 1.29 is 9.59 Å². The number of hydrogen-bond acceptors (Lipinski definition) is 4. The third-order valence-electron chi connectivity index (χ3n) is 5.44. The Morgan fingerprint density at radius 3 is 2.24 bits per heavy atom. The molecular formula is C22H30N4O3. The summed E-state index contributed by atoms with van der Waals surface area (Å²) in [6.45, 7) is 4.99. The Bertz CT molecular complexity index is 943. The molecule has 0 atom stereocenters.